The average Bonchev–Trinajstić information content (AvgIpc) is 3.31. The molecule has 4 rings (SSSR count). The summed E-state index contributed by atoms with van der Waals surface area (Å²) < 4.78 is 4.71. The Morgan fingerprint density at radius 1 is 1.14 bits per heavy atom. The number of amides is 3. The Bertz CT molecular complexity index is 1500. The Balaban J connectivity index is 1.59. The van der Waals surface area contributed by atoms with Crippen LogP contribution in [0.4, 0.5) is 5.69 Å². The molecule has 0 radical (unpaired) electrons. The van der Waals surface area contributed by atoms with Gasteiger partial charge in [-0.15, -0.1) is 11.8 Å². The molecule has 1 saturated heterocycles. The van der Waals surface area contributed by atoms with E-state index >= 15 is 0 Å². The van der Waals surface area contributed by atoms with Gasteiger partial charge in [0.15, 0.2) is 6.10 Å². The van der Waals surface area contributed by atoms with Crippen LogP contribution in [-0.2, 0) is 22.6 Å². The maximum Gasteiger partial charge on any atom is 0.254 e. The van der Waals surface area contributed by atoms with E-state index in [1.165, 1.54) is 29.8 Å². The van der Waals surface area contributed by atoms with Gasteiger partial charge in [0.25, 0.3) is 11.8 Å². The number of nitrogens with zero attached hydrogens (tertiary/aromatic N) is 1. The van der Waals surface area contributed by atoms with Gasteiger partial charge in [0.05, 0.1) is 35.3 Å². The number of thioether (sulfide) groups is 1. The fourth-order valence-corrected chi connectivity index (χ4v) is 6.46. The van der Waals surface area contributed by atoms with Crippen molar-refractivity contribution < 1.29 is 24.2 Å². The summed E-state index contributed by atoms with van der Waals surface area (Å²) >= 11 is 7.75. The molecule has 1 aliphatic heterocycles. The summed E-state index contributed by atoms with van der Waals surface area (Å²) in [6.45, 7) is 6.07. The lowest BCUT2D eigenvalue weighted by atomic mass is 9.96. The lowest BCUT2D eigenvalue weighted by Crippen LogP contribution is -2.58. The highest BCUT2D eigenvalue weighted by Crippen LogP contribution is 2.40. The van der Waals surface area contributed by atoms with Crippen LogP contribution in [0.25, 0.3) is 0 Å². The standard InChI is InChI=1S/C32H37ClN4O5S/c1-19-9-5-6-11-21(19)17-35-30(40)28-32(2,3)43-18-37(28)31(41)27(38)25(16-20-10-7-12-22(15-20)42-4)36-29(39)23-13-8-14-24(34)26(23)33/h5-15,25,27-28,38H,16-18,34H2,1-4H3,(H,35,40)(H,36,39)/t25-,27-,28+/m0/s1. The number of ether oxygens (including phenoxy) is 1. The van der Waals surface area contributed by atoms with Gasteiger partial charge in [-0.25, -0.2) is 0 Å². The summed E-state index contributed by atoms with van der Waals surface area (Å²) in [5.74, 6) is -0.794. The molecule has 0 saturated carbocycles. The van der Waals surface area contributed by atoms with Gasteiger partial charge in [0.2, 0.25) is 5.91 Å². The first-order valence-electron chi connectivity index (χ1n) is 13.9. The molecule has 3 aromatic rings. The highest BCUT2D eigenvalue weighted by atomic mass is 35.5. The minimum atomic E-state index is -1.67. The Morgan fingerprint density at radius 3 is 2.58 bits per heavy atom. The van der Waals surface area contributed by atoms with Crippen molar-refractivity contribution >= 4 is 46.8 Å². The summed E-state index contributed by atoms with van der Waals surface area (Å²) in [6.07, 6.45) is -1.57. The minimum Gasteiger partial charge on any atom is -0.497 e. The lowest BCUT2D eigenvalue weighted by molar-refractivity contribution is -0.147. The third-order valence-corrected chi connectivity index (χ3v) is 9.40. The fourth-order valence-electron chi connectivity index (χ4n) is 5.11. The monoisotopic (exact) mass is 624 g/mol. The number of nitrogens with two attached hydrogens (primary N) is 1. The van der Waals surface area contributed by atoms with Crippen molar-refractivity contribution in [2.24, 2.45) is 0 Å². The summed E-state index contributed by atoms with van der Waals surface area (Å²) in [6, 6.07) is 17.6. The molecule has 43 heavy (non-hydrogen) atoms. The number of anilines is 1. The van der Waals surface area contributed by atoms with E-state index in [2.05, 4.69) is 10.6 Å². The third-order valence-electron chi connectivity index (χ3n) is 7.61. The van der Waals surface area contributed by atoms with E-state index in [1.54, 1.807) is 30.3 Å². The zero-order valence-electron chi connectivity index (χ0n) is 24.6. The molecule has 3 aromatic carbocycles. The number of benzene rings is 3. The molecule has 0 unspecified atom stereocenters. The number of carbonyl (C=O) groups is 3. The van der Waals surface area contributed by atoms with Crippen molar-refractivity contribution in [1.82, 2.24) is 15.5 Å². The van der Waals surface area contributed by atoms with Crippen LogP contribution in [-0.4, -0.2) is 63.6 Å². The van der Waals surface area contributed by atoms with Crippen LogP contribution < -0.4 is 21.1 Å². The number of hydrogen-bond donors (Lipinski definition) is 4. The van der Waals surface area contributed by atoms with Gasteiger partial charge in [0.1, 0.15) is 11.8 Å². The third kappa shape index (κ3) is 7.44. The summed E-state index contributed by atoms with van der Waals surface area (Å²) in [5.41, 5.74) is 8.98. The number of aliphatic hydroxyl groups excluding tert-OH is 1. The van der Waals surface area contributed by atoms with Crippen LogP contribution in [0.1, 0.15) is 40.9 Å². The Labute approximate surface area is 261 Å². The van der Waals surface area contributed by atoms with Crippen LogP contribution in [0, 0.1) is 6.92 Å². The van der Waals surface area contributed by atoms with Crippen molar-refractivity contribution in [3.63, 3.8) is 0 Å². The fraction of sp³-hybridized carbons (Fsp3) is 0.344. The first kappa shape index (κ1) is 32.2. The maximum absolute atomic E-state index is 13.9. The average molecular weight is 625 g/mol. The molecule has 3 atom stereocenters. The summed E-state index contributed by atoms with van der Waals surface area (Å²) in [4.78, 5) is 42.2. The number of methoxy groups -OCH3 is 1. The predicted octanol–water partition coefficient (Wildman–Crippen LogP) is 3.94. The summed E-state index contributed by atoms with van der Waals surface area (Å²) in [5, 5.41) is 17.4. The maximum atomic E-state index is 13.9. The largest absolute Gasteiger partial charge is 0.497 e. The smallest absolute Gasteiger partial charge is 0.254 e. The number of hydrogen-bond acceptors (Lipinski definition) is 7. The van der Waals surface area contributed by atoms with E-state index < -0.39 is 34.7 Å². The van der Waals surface area contributed by atoms with Crippen molar-refractivity contribution in [1.29, 1.82) is 0 Å². The molecule has 228 valence electrons. The Hall–Kier alpha value is -3.73. The van der Waals surface area contributed by atoms with E-state index in [1.807, 2.05) is 51.1 Å². The quantitative estimate of drug-likeness (QED) is 0.251. The SMILES string of the molecule is COc1cccc(C[C@H](NC(=O)c2cccc(N)c2Cl)[C@H](O)C(=O)N2CSC(C)(C)[C@H]2C(=O)NCc2ccccc2C)c1. The van der Waals surface area contributed by atoms with Gasteiger partial charge in [-0.05, 0) is 68.1 Å². The molecule has 1 aliphatic rings. The lowest BCUT2D eigenvalue weighted by Gasteiger charge is -2.33. The summed E-state index contributed by atoms with van der Waals surface area (Å²) in [7, 11) is 1.54. The van der Waals surface area contributed by atoms with Crippen molar-refractivity contribution in [3.05, 3.63) is 94.0 Å². The normalized spacial score (nSPS) is 17.2. The van der Waals surface area contributed by atoms with Gasteiger partial charge >= 0.3 is 0 Å². The second-order valence-corrected chi connectivity index (χ2v) is 13.0. The van der Waals surface area contributed by atoms with Crippen molar-refractivity contribution in [3.8, 4) is 5.75 Å². The number of aryl methyl sites for hydroxylation is 1. The zero-order chi connectivity index (χ0) is 31.3. The van der Waals surface area contributed by atoms with Gasteiger partial charge in [-0.1, -0.05) is 54.1 Å². The van der Waals surface area contributed by atoms with Gasteiger partial charge in [-0.2, -0.15) is 0 Å². The number of aliphatic hydroxyl groups is 1. The molecule has 11 heteroatoms. The Kier molecular flexibility index (Phi) is 10.3. The number of rotatable bonds is 10. The minimum absolute atomic E-state index is 0.0732. The molecule has 1 fully saturated rings. The van der Waals surface area contributed by atoms with Crippen LogP contribution in [0.2, 0.25) is 5.02 Å². The van der Waals surface area contributed by atoms with Crippen LogP contribution in [0.15, 0.2) is 66.7 Å². The number of nitrogens with one attached hydrogen (secondary N) is 2. The van der Waals surface area contributed by atoms with Gasteiger partial charge in [0, 0.05) is 11.3 Å². The number of halogens is 1. The molecule has 0 spiro atoms. The number of nitrogen functional groups attached to an aromatic ring is 1. The Morgan fingerprint density at radius 2 is 1.86 bits per heavy atom. The van der Waals surface area contributed by atoms with Crippen LogP contribution >= 0.6 is 23.4 Å². The van der Waals surface area contributed by atoms with Gasteiger partial charge in [-0.3, -0.25) is 14.4 Å². The first-order valence-corrected chi connectivity index (χ1v) is 15.2. The molecule has 9 nitrogen and oxygen atoms in total. The molecular formula is C32H37ClN4O5S. The molecule has 5 N–H and O–H groups in total. The second kappa shape index (κ2) is 13.7. The van der Waals surface area contributed by atoms with E-state index in [4.69, 9.17) is 22.1 Å². The zero-order valence-corrected chi connectivity index (χ0v) is 26.2. The van der Waals surface area contributed by atoms with E-state index in [0.29, 0.717) is 12.3 Å². The van der Waals surface area contributed by atoms with Crippen LogP contribution in [0.5, 0.6) is 5.75 Å². The highest BCUT2D eigenvalue weighted by molar-refractivity contribution is 8.00. The molecule has 0 aromatic heterocycles. The van der Waals surface area contributed by atoms with Crippen molar-refractivity contribution in [2.75, 3.05) is 18.7 Å². The van der Waals surface area contributed by atoms with E-state index in [0.717, 1.165) is 16.7 Å². The molecule has 0 aliphatic carbocycles. The molecular weight excluding hydrogens is 588 g/mol. The molecule has 0 bridgehead atoms. The highest BCUT2D eigenvalue weighted by Gasteiger charge is 2.49. The van der Waals surface area contributed by atoms with Gasteiger partial charge < -0.3 is 31.1 Å². The molecule has 1 heterocycles. The number of carbonyl (C=O) groups excluding carboxylic acids is 3. The van der Waals surface area contributed by atoms with Crippen molar-refractivity contribution in [2.45, 2.75) is 56.7 Å². The van der Waals surface area contributed by atoms with Crippen LogP contribution in [0.3, 0.4) is 0 Å². The second-order valence-electron chi connectivity index (χ2n) is 11.0. The predicted molar refractivity (Wildman–Crippen MR) is 170 cm³/mol. The molecule has 3 amide bonds. The first-order chi connectivity index (χ1) is 20.4. The van der Waals surface area contributed by atoms with E-state index in [-0.39, 0.29) is 34.5 Å². The topological polar surface area (TPSA) is 134 Å². The van der Waals surface area contributed by atoms with E-state index in [9.17, 15) is 19.5 Å².